The first-order chi connectivity index (χ1) is 8.61. The third-order valence-electron chi connectivity index (χ3n) is 2.72. The summed E-state index contributed by atoms with van der Waals surface area (Å²) in [5, 5.41) is 0.0307. The molecule has 0 bridgehead atoms. The summed E-state index contributed by atoms with van der Waals surface area (Å²) in [6, 6.07) is 5.96. The molecule has 2 rings (SSSR count). The molecule has 2 aromatic rings. The van der Waals surface area contributed by atoms with Crippen LogP contribution in [0.15, 0.2) is 34.9 Å². The van der Waals surface area contributed by atoms with Crippen molar-refractivity contribution < 1.29 is 13.6 Å². The van der Waals surface area contributed by atoms with Gasteiger partial charge in [-0.3, -0.25) is 4.79 Å². The van der Waals surface area contributed by atoms with Crippen LogP contribution in [0.1, 0.15) is 28.6 Å². The minimum atomic E-state index is -0.481. The van der Waals surface area contributed by atoms with E-state index in [1.807, 2.05) is 6.92 Å². The van der Waals surface area contributed by atoms with Gasteiger partial charge in [0.2, 0.25) is 0 Å². The molecule has 0 saturated carbocycles. The molecule has 1 aromatic heterocycles. The van der Waals surface area contributed by atoms with Gasteiger partial charge in [-0.15, -0.1) is 0 Å². The Morgan fingerprint density at radius 1 is 1.39 bits per heavy atom. The fourth-order valence-electron chi connectivity index (χ4n) is 1.79. The highest BCUT2D eigenvalue weighted by atomic mass is 35.5. The van der Waals surface area contributed by atoms with E-state index >= 15 is 0 Å². The molecule has 0 spiro atoms. The van der Waals surface area contributed by atoms with Crippen LogP contribution >= 0.6 is 11.6 Å². The molecule has 0 amide bonds. The van der Waals surface area contributed by atoms with Crippen LogP contribution in [-0.4, -0.2) is 5.78 Å². The standard InChI is InChI=1S/C14H12ClFO2/c1-2-14-10(5-6-18-14)13(17)8-9-3-4-12(16)11(15)7-9/h3-7H,2,8H2,1H3. The molecule has 0 aliphatic heterocycles. The lowest BCUT2D eigenvalue weighted by Crippen LogP contribution is -2.05. The van der Waals surface area contributed by atoms with Crippen LogP contribution in [0.2, 0.25) is 5.02 Å². The number of aryl methyl sites for hydroxylation is 1. The van der Waals surface area contributed by atoms with Crippen LogP contribution in [0.4, 0.5) is 4.39 Å². The first-order valence-electron chi connectivity index (χ1n) is 5.65. The smallest absolute Gasteiger partial charge is 0.170 e. The van der Waals surface area contributed by atoms with Gasteiger partial charge in [0.15, 0.2) is 5.78 Å². The second-order valence-corrected chi connectivity index (χ2v) is 4.37. The molecule has 4 heteroatoms. The summed E-state index contributed by atoms with van der Waals surface area (Å²) >= 11 is 5.68. The minimum absolute atomic E-state index is 0.0307. The molecule has 0 unspecified atom stereocenters. The van der Waals surface area contributed by atoms with Gasteiger partial charge in [-0.05, 0) is 23.8 Å². The zero-order chi connectivity index (χ0) is 13.1. The summed E-state index contributed by atoms with van der Waals surface area (Å²) in [5.41, 5.74) is 1.27. The van der Waals surface area contributed by atoms with Crippen molar-refractivity contribution >= 4 is 17.4 Å². The van der Waals surface area contributed by atoms with Crippen molar-refractivity contribution in [2.24, 2.45) is 0 Å². The molecule has 0 radical (unpaired) electrons. The Morgan fingerprint density at radius 2 is 2.17 bits per heavy atom. The molecule has 0 aliphatic rings. The molecule has 0 atom stereocenters. The highest BCUT2D eigenvalue weighted by molar-refractivity contribution is 6.30. The van der Waals surface area contributed by atoms with Crippen molar-refractivity contribution in [1.82, 2.24) is 0 Å². The average Bonchev–Trinajstić information content (AvgIpc) is 2.82. The van der Waals surface area contributed by atoms with E-state index in [0.29, 0.717) is 23.3 Å². The maximum Gasteiger partial charge on any atom is 0.170 e. The van der Waals surface area contributed by atoms with Crippen molar-refractivity contribution in [3.63, 3.8) is 0 Å². The molecule has 0 fully saturated rings. The van der Waals surface area contributed by atoms with Crippen molar-refractivity contribution in [2.45, 2.75) is 19.8 Å². The van der Waals surface area contributed by atoms with Crippen LogP contribution in [-0.2, 0) is 12.8 Å². The molecular formula is C14H12ClFO2. The zero-order valence-electron chi connectivity index (χ0n) is 9.87. The number of rotatable bonds is 4. The lowest BCUT2D eigenvalue weighted by atomic mass is 10.0. The molecule has 0 N–H and O–H groups in total. The highest BCUT2D eigenvalue weighted by Gasteiger charge is 2.14. The number of Topliss-reactive ketones (excluding diaryl/α,β-unsaturated/α-hetero) is 1. The van der Waals surface area contributed by atoms with Gasteiger partial charge in [-0.2, -0.15) is 0 Å². The number of hydrogen-bond donors (Lipinski definition) is 0. The lowest BCUT2D eigenvalue weighted by molar-refractivity contribution is 0.0991. The summed E-state index contributed by atoms with van der Waals surface area (Å²) in [7, 11) is 0. The fraction of sp³-hybridized carbons (Fsp3) is 0.214. The van der Waals surface area contributed by atoms with Crippen molar-refractivity contribution in [2.75, 3.05) is 0 Å². The predicted molar refractivity (Wildman–Crippen MR) is 67.5 cm³/mol. The summed E-state index contributed by atoms with van der Waals surface area (Å²) in [4.78, 5) is 12.1. The second-order valence-electron chi connectivity index (χ2n) is 3.96. The predicted octanol–water partition coefficient (Wildman–Crippen LogP) is 4.06. The maximum atomic E-state index is 13.0. The molecule has 94 valence electrons. The first kappa shape index (κ1) is 12.8. The molecule has 18 heavy (non-hydrogen) atoms. The fourth-order valence-corrected chi connectivity index (χ4v) is 2.00. The van der Waals surface area contributed by atoms with Gasteiger partial charge in [0.25, 0.3) is 0 Å². The quantitative estimate of drug-likeness (QED) is 0.781. The summed E-state index contributed by atoms with van der Waals surface area (Å²) < 4.78 is 18.2. The van der Waals surface area contributed by atoms with Crippen LogP contribution < -0.4 is 0 Å². The van der Waals surface area contributed by atoms with Gasteiger partial charge in [0.05, 0.1) is 16.8 Å². The number of benzene rings is 1. The van der Waals surface area contributed by atoms with E-state index in [0.717, 1.165) is 0 Å². The highest BCUT2D eigenvalue weighted by Crippen LogP contribution is 2.19. The monoisotopic (exact) mass is 266 g/mol. The second kappa shape index (κ2) is 5.36. The van der Waals surface area contributed by atoms with Crippen molar-refractivity contribution in [1.29, 1.82) is 0 Å². The number of carbonyl (C=O) groups is 1. The SMILES string of the molecule is CCc1occc1C(=O)Cc1ccc(F)c(Cl)c1. The van der Waals surface area contributed by atoms with Gasteiger partial charge in [-0.25, -0.2) is 4.39 Å². The average molecular weight is 267 g/mol. The molecular weight excluding hydrogens is 255 g/mol. The van der Waals surface area contributed by atoms with Crippen LogP contribution in [0, 0.1) is 5.82 Å². The first-order valence-corrected chi connectivity index (χ1v) is 6.03. The van der Waals surface area contributed by atoms with Gasteiger partial charge in [0.1, 0.15) is 11.6 Å². The van der Waals surface area contributed by atoms with Crippen molar-refractivity contribution in [3.05, 3.63) is 58.3 Å². The number of ketones is 1. The molecule has 0 aliphatic carbocycles. The molecule has 1 heterocycles. The van der Waals surface area contributed by atoms with E-state index in [1.165, 1.54) is 18.4 Å². The Balaban J connectivity index is 2.19. The van der Waals surface area contributed by atoms with E-state index in [2.05, 4.69) is 0 Å². The van der Waals surface area contributed by atoms with E-state index in [1.54, 1.807) is 12.1 Å². The Bertz CT molecular complexity index is 575. The molecule has 2 nitrogen and oxygen atoms in total. The van der Waals surface area contributed by atoms with Gasteiger partial charge < -0.3 is 4.42 Å². The van der Waals surface area contributed by atoms with E-state index in [4.69, 9.17) is 16.0 Å². The normalized spacial score (nSPS) is 10.6. The number of halogens is 2. The summed E-state index contributed by atoms with van der Waals surface area (Å²) in [6.45, 7) is 1.92. The number of carbonyl (C=O) groups excluding carboxylic acids is 1. The largest absolute Gasteiger partial charge is 0.469 e. The van der Waals surface area contributed by atoms with E-state index < -0.39 is 5.82 Å². The Kier molecular flexibility index (Phi) is 3.82. The topological polar surface area (TPSA) is 30.2 Å². The van der Waals surface area contributed by atoms with E-state index in [-0.39, 0.29) is 17.2 Å². The summed E-state index contributed by atoms with van der Waals surface area (Å²) in [5.74, 6) is 0.141. The number of furan rings is 1. The lowest BCUT2D eigenvalue weighted by Gasteiger charge is -2.02. The maximum absolute atomic E-state index is 13.0. The van der Waals surface area contributed by atoms with Crippen molar-refractivity contribution in [3.8, 4) is 0 Å². The van der Waals surface area contributed by atoms with Gasteiger partial charge in [-0.1, -0.05) is 24.6 Å². The molecule has 1 aromatic carbocycles. The Morgan fingerprint density at radius 3 is 2.83 bits per heavy atom. The Labute approximate surface area is 109 Å². The van der Waals surface area contributed by atoms with Gasteiger partial charge in [0, 0.05) is 12.8 Å². The minimum Gasteiger partial charge on any atom is -0.469 e. The summed E-state index contributed by atoms with van der Waals surface area (Å²) in [6.07, 6.45) is 2.36. The van der Waals surface area contributed by atoms with Crippen LogP contribution in [0.3, 0.4) is 0 Å². The Hall–Kier alpha value is -1.61. The van der Waals surface area contributed by atoms with E-state index in [9.17, 15) is 9.18 Å². The van der Waals surface area contributed by atoms with Crippen LogP contribution in [0.25, 0.3) is 0 Å². The van der Waals surface area contributed by atoms with Crippen LogP contribution in [0.5, 0.6) is 0 Å². The number of hydrogen-bond acceptors (Lipinski definition) is 2. The molecule has 0 saturated heterocycles. The third kappa shape index (κ3) is 2.62. The third-order valence-corrected chi connectivity index (χ3v) is 3.01. The zero-order valence-corrected chi connectivity index (χ0v) is 10.6. The van der Waals surface area contributed by atoms with Gasteiger partial charge >= 0.3 is 0 Å².